The van der Waals surface area contributed by atoms with Gasteiger partial charge in [-0.2, -0.15) is 0 Å². The number of aromatic hydroxyl groups is 1. The molecule has 8 nitrogen and oxygen atoms in total. The van der Waals surface area contributed by atoms with Crippen LogP contribution in [0.2, 0.25) is 0 Å². The Labute approximate surface area is 129 Å². The highest BCUT2D eigenvalue weighted by atomic mass is 16.5. The SMILES string of the molecule is O=c1n([C@H]2C[C@H](O)[C@@H](CO)O2)ccc2nc3cc(O)ccc3n12. The number of nitrogens with zero attached hydrogens (tertiary/aromatic N) is 3. The minimum absolute atomic E-state index is 0.0780. The molecule has 1 aliphatic rings. The first-order valence-corrected chi connectivity index (χ1v) is 7.25. The topological polar surface area (TPSA) is 109 Å². The fraction of sp³-hybridized carbons (Fsp3) is 0.333. The lowest BCUT2D eigenvalue weighted by molar-refractivity contribution is -0.0459. The first-order chi connectivity index (χ1) is 11.1. The molecule has 8 heteroatoms. The average Bonchev–Trinajstić information content (AvgIpc) is 3.07. The van der Waals surface area contributed by atoms with Crippen molar-refractivity contribution in [2.24, 2.45) is 0 Å². The third-order valence-electron chi connectivity index (χ3n) is 4.15. The largest absolute Gasteiger partial charge is 0.508 e. The predicted octanol–water partition coefficient (Wildman–Crippen LogP) is -0.00450. The molecule has 1 aromatic carbocycles. The zero-order valence-electron chi connectivity index (χ0n) is 12.0. The molecule has 3 aromatic rings. The number of aliphatic hydroxyl groups is 2. The molecule has 0 aliphatic carbocycles. The second-order valence-electron chi connectivity index (χ2n) is 5.60. The Bertz CT molecular complexity index is 947. The number of aliphatic hydroxyl groups excluding tert-OH is 2. The summed E-state index contributed by atoms with van der Waals surface area (Å²) in [5, 5.41) is 28.5. The number of fused-ring (bicyclic) bond motifs is 3. The molecule has 0 spiro atoms. The monoisotopic (exact) mass is 317 g/mol. The Kier molecular flexibility index (Phi) is 3.12. The minimum Gasteiger partial charge on any atom is -0.508 e. The number of ether oxygens (including phenoxy) is 1. The van der Waals surface area contributed by atoms with Crippen molar-refractivity contribution in [1.29, 1.82) is 0 Å². The van der Waals surface area contributed by atoms with Gasteiger partial charge >= 0.3 is 5.69 Å². The van der Waals surface area contributed by atoms with Gasteiger partial charge in [0.05, 0.1) is 23.7 Å². The molecule has 1 aliphatic heterocycles. The second kappa shape index (κ2) is 5.05. The summed E-state index contributed by atoms with van der Waals surface area (Å²) in [4.78, 5) is 17.1. The maximum absolute atomic E-state index is 12.8. The summed E-state index contributed by atoms with van der Waals surface area (Å²) < 4.78 is 8.34. The molecule has 23 heavy (non-hydrogen) atoms. The molecule has 3 heterocycles. The van der Waals surface area contributed by atoms with Crippen LogP contribution >= 0.6 is 0 Å². The van der Waals surface area contributed by atoms with Crippen LogP contribution in [0.1, 0.15) is 12.6 Å². The van der Waals surface area contributed by atoms with Gasteiger partial charge in [-0.3, -0.25) is 4.57 Å². The quantitative estimate of drug-likeness (QED) is 0.613. The number of hydrogen-bond acceptors (Lipinski definition) is 6. The van der Waals surface area contributed by atoms with E-state index in [1.807, 2.05) is 0 Å². The molecule has 0 saturated carbocycles. The number of rotatable bonds is 2. The zero-order chi connectivity index (χ0) is 16.1. The highest BCUT2D eigenvalue weighted by Gasteiger charge is 2.35. The number of aromatic nitrogens is 3. The molecule has 1 saturated heterocycles. The number of hydrogen-bond donors (Lipinski definition) is 3. The van der Waals surface area contributed by atoms with E-state index in [2.05, 4.69) is 4.98 Å². The molecule has 0 bridgehead atoms. The van der Waals surface area contributed by atoms with Crippen LogP contribution in [-0.2, 0) is 4.74 Å². The van der Waals surface area contributed by atoms with Gasteiger partial charge in [0.25, 0.3) is 0 Å². The Balaban J connectivity index is 1.88. The summed E-state index contributed by atoms with van der Waals surface area (Å²) in [6.07, 6.45) is -0.373. The number of phenols is 1. The summed E-state index contributed by atoms with van der Waals surface area (Å²) in [6, 6.07) is 6.27. The Morgan fingerprint density at radius 2 is 2.17 bits per heavy atom. The summed E-state index contributed by atoms with van der Waals surface area (Å²) in [5.41, 5.74) is 1.20. The van der Waals surface area contributed by atoms with Gasteiger partial charge in [0.1, 0.15) is 23.7 Å². The Morgan fingerprint density at radius 3 is 2.91 bits per heavy atom. The molecule has 4 rings (SSSR count). The van der Waals surface area contributed by atoms with E-state index in [0.717, 1.165) is 0 Å². The lowest BCUT2D eigenvalue weighted by Crippen LogP contribution is -2.29. The van der Waals surface area contributed by atoms with E-state index in [9.17, 15) is 15.0 Å². The molecule has 0 unspecified atom stereocenters. The maximum Gasteiger partial charge on any atom is 0.336 e. The second-order valence-corrected chi connectivity index (χ2v) is 5.60. The molecular formula is C15H15N3O5. The predicted molar refractivity (Wildman–Crippen MR) is 80.2 cm³/mol. The molecule has 3 N–H and O–H groups in total. The van der Waals surface area contributed by atoms with Gasteiger partial charge in [-0.15, -0.1) is 0 Å². The normalized spacial score (nSPS) is 24.7. The molecule has 0 radical (unpaired) electrons. The van der Waals surface area contributed by atoms with Crippen molar-refractivity contribution >= 4 is 16.7 Å². The van der Waals surface area contributed by atoms with E-state index in [1.54, 1.807) is 18.3 Å². The molecule has 1 fully saturated rings. The third kappa shape index (κ3) is 2.11. The summed E-state index contributed by atoms with van der Waals surface area (Å²) in [5.74, 6) is 0.0780. The smallest absolute Gasteiger partial charge is 0.336 e. The first kappa shape index (κ1) is 14.2. The first-order valence-electron chi connectivity index (χ1n) is 7.25. The Morgan fingerprint density at radius 1 is 1.35 bits per heavy atom. The van der Waals surface area contributed by atoms with Crippen LogP contribution in [0, 0.1) is 0 Å². The number of benzene rings is 1. The average molecular weight is 317 g/mol. The Hall–Kier alpha value is -2.42. The van der Waals surface area contributed by atoms with Gasteiger partial charge in [-0.25, -0.2) is 14.2 Å². The van der Waals surface area contributed by atoms with Gasteiger partial charge in [0, 0.05) is 18.7 Å². The lowest BCUT2D eigenvalue weighted by Gasteiger charge is -2.14. The van der Waals surface area contributed by atoms with Crippen molar-refractivity contribution in [3.8, 4) is 5.75 Å². The van der Waals surface area contributed by atoms with E-state index in [-0.39, 0.29) is 24.5 Å². The van der Waals surface area contributed by atoms with E-state index >= 15 is 0 Å². The fourth-order valence-electron chi connectivity index (χ4n) is 3.00. The lowest BCUT2D eigenvalue weighted by atomic mass is 10.2. The van der Waals surface area contributed by atoms with Crippen molar-refractivity contribution < 1.29 is 20.1 Å². The van der Waals surface area contributed by atoms with E-state index < -0.39 is 18.4 Å². The molecular weight excluding hydrogens is 302 g/mol. The van der Waals surface area contributed by atoms with Crippen LogP contribution in [0.25, 0.3) is 16.7 Å². The van der Waals surface area contributed by atoms with Crippen molar-refractivity contribution in [2.45, 2.75) is 24.9 Å². The number of imidazole rings is 1. The van der Waals surface area contributed by atoms with E-state index in [0.29, 0.717) is 16.7 Å². The van der Waals surface area contributed by atoms with Gasteiger partial charge in [0.2, 0.25) is 0 Å². The molecule has 0 amide bonds. The van der Waals surface area contributed by atoms with Crippen molar-refractivity contribution in [3.05, 3.63) is 40.9 Å². The van der Waals surface area contributed by atoms with Crippen LogP contribution in [0.4, 0.5) is 0 Å². The van der Waals surface area contributed by atoms with Gasteiger partial charge in [-0.05, 0) is 18.2 Å². The third-order valence-corrected chi connectivity index (χ3v) is 4.15. The zero-order valence-corrected chi connectivity index (χ0v) is 12.0. The fourth-order valence-corrected chi connectivity index (χ4v) is 3.00. The maximum atomic E-state index is 12.8. The highest BCUT2D eigenvalue weighted by Crippen LogP contribution is 2.28. The minimum atomic E-state index is -0.816. The van der Waals surface area contributed by atoms with Crippen LogP contribution in [0.5, 0.6) is 5.75 Å². The van der Waals surface area contributed by atoms with Crippen LogP contribution in [-0.4, -0.2) is 48.1 Å². The van der Waals surface area contributed by atoms with Crippen LogP contribution in [0.3, 0.4) is 0 Å². The van der Waals surface area contributed by atoms with Crippen molar-refractivity contribution in [1.82, 2.24) is 14.0 Å². The van der Waals surface area contributed by atoms with E-state index in [1.165, 1.54) is 21.1 Å². The summed E-state index contributed by atoms with van der Waals surface area (Å²) >= 11 is 0. The van der Waals surface area contributed by atoms with Gasteiger partial charge in [-0.1, -0.05) is 0 Å². The van der Waals surface area contributed by atoms with Crippen molar-refractivity contribution in [3.63, 3.8) is 0 Å². The molecule has 3 atom stereocenters. The van der Waals surface area contributed by atoms with Crippen molar-refractivity contribution in [2.75, 3.05) is 6.61 Å². The van der Waals surface area contributed by atoms with Gasteiger partial charge in [0.15, 0.2) is 0 Å². The summed E-state index contributed by atoms with van der Waals surface area (Å²) in [7, 11) is 0. The molecule has 2 aromatic heterocycles. The highest BCUT2D eigenvalue weighted by molar-refractivity contribution is 5.81. The van der Waals surface area contributed by atoms with Gasteiger partial charge < -0.3 is 20.1 Å². The summed E-state index contributed by atoms with van der Waals surface area (Å²) in [6.45, 7) is -0.304. The molecule has 120 valence electrons. The van der Waals surface area contributed by atoms with Crippen LogP contribution in [0.15, 0.2) is 35.3 Å². The van der Waals surface area contributed by atoms with E-state index in [4.69, 9.17) is 9.84 Å². The van der Waals surface area contributed by atoms with Crippen LogP contribution < -0.4 is 5.69 Å². The number of phenolic OH excluding ortho intramolecular Hbond substituents is 1. The standard InChI is InChI=1S/C15H15N3O5/c19-7-12-11(21)6-14(23-12)17-4-3-13-16-9-5-8(20)1-2-10(9)18(13)15(17)22/h1-5,11-12,14,19-21H,6-7H2/t11-,12+,14+/m0/s1.